The Hall–Kier alpha value is -2.41. The number of methoxy groups -OCH3 is 1. The molecule has 1 heterocycles. The normalized spacial score (nSPS) is 10.2. The maximum Gasteiger partial charge on any atom is 0.318 e. The number of nitrogens with one attached hydrogen (secondary N) is 1. The minimum absolute atomic E-state index is 0.00764. The van der Waals surface area contributed by atoms with Crippen LogP contribution in [0, 0.1) is 5.82 Å². The number of ether oxygens (including phenoxy) is 2. The average Bonchev–Trinajstić information content (AvgIpc) is 2.48. The van der Waals surface area contributed by atoms with Crippen molar-refractivity contribution in [1.29, 1.82) is 0 Å². The van der Waals surface area contributed by atoms with Crippen LogP contribution in [0.15, 0.2) is 30.5 Å². The van der Waals surface area contributed by atoms with Gasteiger partial charge in [0.25, 0.3) is 0 Å². The van der Waals surface area contributed by atoms with E-state index in [1.165, 1.54) is 0 Å². The van der Waals surface area contributed by atoms with Crippen LogP contribution in [0.3, 0.4) is 0 Å². The third-order valence-corrected chi connectivity index (χ3v) is 2.52. The average molecular weight is 279 g/mol. The third kappa shape index (κ3) is 3.33. The molecule has 0 amide bonds. The molecular formula is C13H14FN3O3. The first-order chi connectivity index (χ1) is 9.74. The molecule has 0 unspecified atom stereocenters. The molecule has 0 saturated heterocycles. The minimum Gasteiger partial charge on any atom is -0.496 e. The topological polar surface area (TPSA) is 76.5 Å². The molecule has 6 nitrogen and oxygen atoms in total. The van der Waals surface area contributed by atoms with Crippen LogP contribution in [0.1, 0.15) is 5.56 Å². The highest BCUT2D eigenvalue weighted by Gasteiger charge is 2.08. The molecule has 2 rings (SSSR count). The zero-order valence-electron chi connectivity index (χ0n) is 10.8. The Bertz CT molecular complexity index is 581. The number of rotatable bonds is 6. The van der Waals surface area contributed by atoms with Crippen molar-refractivity contribution in [2.24, 2.45) is 0 Å². The Kier molecular flexibility index (Phi) is 4.67. The molecule has 2 aromatic rings. The first-order valence-electron chi connectivity index (χ1n) is 5.86. The minimum atomic E-state index is -0.663. The van der Waals surface area contributed by atoms with Gasteiger partial charge in [0, 0.05) is 5.56 Å². The Balaban J connectivity index is 2.09. The lowest BCUT2D eigenvalue weighted by Crippen LogP contribution is -2.07. The van der Waals surface area contributed by atoms with Gasteiger partial charge in [-0.05, 0) is 6.07 Å². The molecule has 7 heteroatoms. The molecule has 2 N–H and O–H groups in total. The van der Waals surface area contributed by atoms with Crippen molar-refractivity contribution in [3.05, 3.63) is 41.8 Å². The molecule has 0 fully saturated rings. The molecule has 106 valence electrons. The highest BCUT2D eigenvalue weighted by molar-refractivity contribution is 5.36. The van der Waals surface area contributed by atoms with Gasteiger partial charge in [0.05, 0.1) is 13.3 Å². The van der Waals surface area contributed by atoms with Crippen molar-refractivity contribution in [3.8, 4) is 11.8 Å². The maximum atomic E-state index is 13.3. The van der Waals surface area contributed by atoms with Crippen LogP contribution >= 0.6 is 0 Å². The van der Waals surface area contributed by atoms with Gasteiger partial charge in [-0.25, -0.2) is 9.37 Å². The molecule has 1 aromatic heterocycles. The van der Waals surface area contributed by atoms with Crippen molar-refractivity contribution in [1.82, 2.24) is 9.97 Å². The predicted octanol–water partition coefficient (Wildman–Crippen LogP) is 1.56. The fourth-order valence-corrected chi connectivity index (χ4v) is 1.58. The largest absolute Gasteiger partial charge is 0.496 e. The van der Waals surface area contributed by atoms with Gasteiger partial charge in [0.1, 0.15) is 19.1 Å². The monoisotopic (exact) mass is 279 g/mol. The number of benzene rings is 1. The van der Waals surface area contributed by atoms with Gasteiger partial charge in [0.2, 0.25) is 0 Å². The molecule has 0 aliphatic heterocycles. The Morgan fingerprint density at radius 3 is 2.90 bits per heavy atom. The number of aliphatic hydroxyl groups excluding tert-OH is 1. The number of halogens is 1. The lowest BCUT2D eigenvalue weighted by molar-refractivity contribution is 0.272. The molecule has 0 aliphatic rings. The van der Waals surface area contributed by atoms with Crippen LogP contribution in [-0.2, 0) is 6.61 Å². The van der Waals surface area contributed by atoms with E-state index in [0.29, 0.717) is 5.75 Å². The standard InChI is InChI=1S/C13H14FN3O3/c1-19-11-5-3-2-4-9(11)7-20-13-15-6-10(14)12(17-13)16-8-18/h2-6,18H,7-8H2,1H3,(H,15,16,17). The summed E-state index contributed by atoms with van der Waals surface area (Å²) in [5.41, 5.74) is 0.819. The second-order valence-electron chi connectivity index (χ2n) is 3.78. The molecular weight excluding hydrogens is 265 g/mol. The van der Waals surface area contributed by atoms with E-state index < -0.39 is 12.5 Å². The lowest BCUT2D eigenvalue weighted by atomic mass is 10.2. The van der Waals surface area contributed by atoms with E-state index in [4.69, 9.17) is 14.6 Å². The van der Waals surface area contributed by atoms with Gasteiger partial charge in [0.15, 0.2) is 11.6 Å². The first-order valence-corrected chi connectivity index (χ1v) is 5.86. The highest BCUT2D eigenvalue weighted by atomic mass is 19.1. The van der Waals surface area contributed by atoms with Crippen LogP contribution in [0.25, 0.3) is 0 Å². The van der Waals surface area contributed by atoms with Gasteiger partial charge in [-0.15, -0.1) is 0 Å². The van der Waals surface area contributed by atoms with E-state index >= 15 is 0 Å². The number of anilines is 1. The van der Waals surface area contributed by atoms with Crippen molar-refractivity contribution < 1.29 is 19.0 Å². The van der Waals surface area contributed by atoms with Gasteiger partial charge in [-0.2, -0.15) is 4.98 Å². The lowest BCUT2D eigenvalue weighted by Gasteiger charge is -2.10. The highest BCUT2D eigenvalue weighted by Crippen LogP contribution is 2.19. The maximum absolute atomic E-state index is 13.3. The van der Waals surface area contributed by atoms with Crippen LogP contribution in [0.5, 0.6) is 11.8 Å². The number of aromatic nitrogens is 2. The summed E-state index contributed by atoms with van der Waals surface area (Å²) in [7, 11) is 1.57. The molecule has 0 aliphatic carbocycles. The summed E-state index contributed by atoms with van der Waals surface area (Å²) in [6, 6.07) is 7.36. The van der Waals surface area contributed by atoms with Crippen molar-refractivity contribution in [2.45, 2.75) is 6.61 Å². The van der Waals surface area contributed by atoms with E-state index in [1.54, 1.807) is 7.11 Å². The summed E-state index contributed by atoms with van der Waals surface area (Å²) in [6.07, 6.45) is 0.975. The number of hydrogen-bond acceptors (Lipinski definition) is 6. The fourth-order valence-electron chi connectivity index (χ4n) is 1.58. The smallest absolute Gasteiger partial charge is 0.318 e. The zero-order valence-corrected chi connectivity index (χ0v) is 10.8. The molecule has 0 radical (unpaired) electrons. The molecule has 0 bridgehead atoms. The summed E-state index contributed by atoms with van der Waals surface area (Å²) in [5, 5.41) is 11.1. The summed E-state index contributed by atoms with van der Waals surface area (Å²) in [4.78, 5) is 7.53. The number of para-hydroxylation sites is 1. The summed E-state index contributed by atoms with van der Waals surface area (Å²) >= 11 is 0. The van der Waals surface area contributed by atoms with Crippen LogP contribution in [0.4, 0.5) is 10.2 Å². The van der Waals surface area contributed by atoms with Gasteiger partial charge >= 0.3 is 6.01 Å². The molecule has 1 aromatic carbocycles. The third-order valence-electron chi connectivity index (χ3n) is 2.52. The van der Waals surface area contributed by atoms with Crippen molar-refractivity contribution >= 4 is 5.82 Å². The van der Waals surface area contributed by atoms with Gasteiger partial charge in [-0.1, -0.05) is 18.2 Å². The Labute approximate surface area is 115 Å². The SMILES string of the molecule is COc1ccccc1COc1ncc(F)c(NCO)n1. The zero-order chi connectivity index (χ0) is 14.4. The molecule has 0 spiro atoms. The van der Waals surface area contributed by atoms with Crippen LogP contribution in [-0.4, -0.2) is 28.9 Å². The van der Waals surface area contributed by atoms with Gasteiger partial charge < -0.3 is 19.9 Å². The van der Waals surface area contributed by atoms with E-state index in [0.717, 1.165) is 11.8 Å². The fraction of sp³-hybridized carbons (Fsp3) is 0.231. The second kappa shape index (κ2) is 6.67. The van der Waals surface area contributed by atoms with E-state index in [-0.39, 0.29) is 18.4 Å². The van der Waals surface area contributed by atoms with Crippen LogP contribution < -0.4 is 14.8 Å². The summed E-state index contributed by atoms with van der Waals surface area (Å²) in [5.74, 6) is -0.0930. The number of aliphatic hydroxyl groups is 1. The van der Waals surface area contributed by atoms with E-state index in [2.05, 4.69) is 15.3 Å². The number of hydrogen-bond donors (Lipinski definition) is 2. The Morgan fingerprint density at radius 2 is 2.15 bits per heavy atom. The van der Waals surface area contributed by atoms with Crippen LogP contribution in [0.2, 0.25) is 0 Å². The predicted molar refractivity (Wildman–Crippen MR) is 70.0 cm³/mol. The Morgan fingerprint density at radius 1 is 1.35 bits per heavy atom. The molecule has 20 heavy (non-hydrogen) atoms. The molecule has 0 saturated carbocycles. The summed E-state index contributed by atoms with van der Waals surface area (Å²) in [6.45, 7) is -0.242. The van der Waals surface area contributed by atoms with Crippen molar-refractivity contribution in [2.75, 3.05) is 19.2 Å². The van der Waals surface area contributed by atoms with E-state index in [9.17, 15) is 4.39 Å². The van der Waals surface area contributed by atoms with Gasteiger partial charge in [-0.3, -0.25) is 0 Å². The number of nitrogens with zero attached hydrogens (tertiary/aromatic N) is 2. The van der Waals surface area contributed by atoms with E-state index in [1.807, 2.05) is 24.3 Å². The first kappa shape index (κ1) is 14.0. The van der Waals surface area contributed by atoms with Crippen molar-refractivity contribution in [3.63, 3.8) is 0 Å². The quantitative estimate of drug-likeness (QED) is 0.782. The summed E-state index contributed by atoms with van der Waals surface area (Å²) < 4.78 is 23.8. The molecule has 0 atom stereocenters. The second-order valence-corrected chi connectivity index (χ2v) is 3.78.